The minimum Gasteiger partial charge on any atom is -0.465 e. The quantitative estimate of drug-likeness (QED) is 0.654. The molecule has 1 aromatic heterocycles. The van der Waals surface area contributed by atoms with E-state index in [1.807, 2.05) is 0 Å². The molecule has 110 valence electrons. The summed E-state index contributed by atoms with van der Waals surface area (Å²) in [5.41, 5.74) is 1.30. The van der Waals surface area contributed by atoms with E-state index in [-0.39, 0.29) is 0 Å². The smallest absolute Gasteiger partial charge is 0.118 e. The molecule has 0 aromatic carbocycles. The van der Waals surface area contributed by atoms with Crippen LogP contribution in [0.3, 0.4) is 0 Å². The minimum absolute atomic E-state index is 0.921. The standard InChI is InChI=1S/C16H30N2O/c1-5-8-17-12-15-11-16(19-14(15)4)13-18(9-6-2)10-7-3/h11,17H,5-10,12-13H2,1-4H3. The zero-order valence-electron chi connectivity index (χ0n) is 13.1. The Kier molecular flexibility index (Phi) is 7.84. The summed E-state index contributed by atoms with van der Waals surface area (Å²) in [6.45, 7) is 13.9. The Balaban J connectivity index is 2.55. The zero-order valence-corrected chi connectivity index (χ0v) is 13.1. The molecule has 1 rings (SSSR count). The molecule has 0 aliphatic carbocycles. The third kappa shape index (κ3) is 5.79. The molecule has 1 heterocycles. The summed E-state index contributed by atoms with van der Waals surface area (Å²) < 4.78 is 5.89. The molecule has 0 aliphatic heterocycles. The van der Waals surface area contributed by atoms with Gasteiger partial charge in [0.05, 0.1) is 6.54 Å². The third-order valence-electron chi connectivity index (χ3n) is 3.27. The van der Waals surface area contributed by atoms with Crippen LogP contribution >= 0.6 is 0 Å². The number of nitrogens with zero attached hydrogens (tertiary/aromatic N) is 1. The highest BCUT2D eigenvalue weighted by Crippen LogP contribution is 2.16. The Bertz CT molecular complexity index is 341. The van der Waals surface area contributed by atoms with Gasteiger partial charge >= 0.3 is 0 Å². The van der Waals surface area contributed by atoms with Crippen molar-refractivity contribution >= 4 is 0 Å². The highest BCUT2D eigenvalue weighted by atomic mass is 16.3. The molecule has 0 atom stereocenters. The first-order valence-corrected chi connectivity index (χ1v) is 7.72. The molecular weight excluding hydrogens is 236 g/mol. The van der Waals surface area contributed by atoms with Gasteiger partial charge in [0.2, 0.25) is 0 Å². The van der Waals surface area contributed by atoms with Crippen molar-refractivity contribution in [2.24, 2.45) is 0 Å². The zero-order chi connectivity index (χ0) is 14.1. The first kappa shape index (κ1) is 16.3. The van der Waals surface area contributed by atoms with Crippen molar-refractivity contribution in [2.45, 2.75) is 60.0 Å². The lowest BCUT2D eigenvalue weighted by atomic mass is 10.2. The normalized spacial score (nSPS) is 11.4. The maximum atomic E-state index is 5.89. The summed E-state index contributed by atoms with van der Waals surface area (Å²) in [4.78, 5) is 2.47. The van der Waals surface area contributed by atoms with Crippen LogP contribution < -0.4 is 5.32 Å². The van der Waals surface area contributed by atoms with Crippen molar-refractivity contribution in [2.75, 3.05) is 19.6 Å². The second-order valence-corrected chi connectivity index (χ2v) is 5.25. The molecule has 0 spiro atoms. The van der Waals surface area contributed by atoms with Crippen LogP contribution in [0.4, 0.5) is 0 Å². The van der Waals surface area contributed by atoms with Crippen molar-refractivity contribution in [3.05, 3.63) is 23.2 Å². The van der Waals surface area contributed by atoms with Crippen molar-refractivity contribution in [3.63, 3.8) is 0 Å². The fraction of sp³-hybridized carbons (Fsp3) is 0.750. The van der Waals surface area contributed by atoms with E-state index in [4.69, 9.17) is 4.42 Å². The fourth-order valence-electron chi connectivity index (χ4n) is 2.36. The second-order valence-electron chi connectivity index (χ2n) is 5.25. The van der Waals surface area contributed by atoms with Crippen LogP contribution in [0.1, 0.15) is 57.1 Å². The summed E-state index contributed by atoms with van der Waals surface area (Å²) >= 11 is 0. The van der Waals surface area contributed by atoms with Crippen molar-refractivity contribution in [3.8, 4) is 0 Å². The van der Waals surface area contributed by atoms with E-state index in [0.29, 0.717) is 0 Å². The van der Waals surface area contributed by atoms with E-state index >= 15 is 0 Å². The van der Waals surface area contributed by atoms with Gasteiger partial charge in [0.25, 0.3) is 0 Å². The summed E-state index contributed by atoms with van der Waals surface area (Å²) in [5.74, 6) is 2.17. The van der Waals surface area contributed by atoms with E-state index in [2.05, 4.69) is 44.0 Å². The van der Waals surface area contributed by atoms with E-state index in [1.54, 1.807) is 0 Å². The average molecular weight is 266 g/mol. The van der Waals surface area contributed by atoms with Crippen LogP contribution in [-0.2, 0) is 13.1 Å². The number of aryl methyl sites for hydroxylation is 1. The average Bonchev–Trinajstić information content (AvgIpc) is 2.71. The maximum absolute atomic E-state index is 5.89. The Morgan fingerprint density at radius 3 is 2.37 bits per heavy atom. The maximum Gasteiger partial charge on any atom is 0.118 e. The van der Waals surface area contributed by atoms with Gasteiger partial charge in [0.15, 0.2) is 0 Å². The van der Waals surface area contributed by atoms with Gasteiger partial charge in [-0.05, 0) is 51.9 Å². The molecule has 0 aliphatic rings. The molecule has 19 heavy (non-hydrogen) atoms. The molecule has 3 nitrogen and oxygen atoms in total. The van der Waals surface area contributed by atoms with Crippen LogP contribution in [-0.4, -0.2) is 24.5 Å². The monoisotopic (exact) mass is 266 g/mol. The molecule has 0 amide bonds. The summed E-state index contributed by atoms with van der Waals surface area (Å²) in [6, 6.07) is 2.22. The van der Waals surface area contributed by atoms with Crippen LogP contribution in [0.15, 0.2) is 10.5 Å². The van der Waals surface area contributed by atoms with E-state index in [9.17, 15) is 0 Å². The predicted molar refractivity (Wildman–Crippen MR) is 81.3 cm³/mol. The summed E-state index contributed by atoms with van der Waals surface area (Å²) in [6.07, 6.45) is 3.57. The van der Waals surface area contributed by atoms with E-state index < -0.39 is 0 Å². The van der Waals surface area contributed by atoms with Gasteiger partial charge < -0.3 is 9.73 Å². The number of nitrogens with one attached hydrogen (secondary N) is 1. The topological polar surface area (TPSA) is 28.4 Å². The molecule has 0 saturated carbocycles. The number of hydrogen-bond acceptors (Lipinski definition) is 3. The first-order valence-electron chi connectivity index (χ1n) is 7.72. The Morgan fingerprint density at radius 2 is 1.79 bits per heavy atom. The van der Waals surface area contributed by atoms with Crippen molar-refractivity contribution in [1.29, 1.82) is 0 Å². The Labute approximate surface area is 118 Å². The summed E-state index contributed by atoms with van der Waals surface area (Å²) in [7, 11) is 0. The van der Waals surface area contributed by atoms with Gasteiger partial charge in [-0.1, -0.05) is 20.8 Å². The van der Waals surface area contributed by atoms with Crippen molar-refractivity contribution < 1.29 is 4.42 Å². The SMILES string of the molecule is CCCNCc1cc(CN(CCC)CCC)oc1C. The van der Waals surface area contributed by atoms with Crippen LogP contribution in [0.2, 0.25) is 0 Å². The van der Waals surface area contributed by atoms with Crippen LogP contribution in [0.25, 0.3) is 0 Å². The number of furan rings is 1. The van der Waals surface area contributed by atoms with E-state index in [0.717, 1.165) is 44.2 Å². The molecular formula is C16H30N2O. The number of hydrogen-bond donors (Lipinski definition) is 1. The summed E-state index contributed by atoms with van der Waals surface area (Å²) in [5, 5.41) is 3.44. The Morgan fingerprint density at radius 1 is 1.11 bits per heavy atom. The first-order chi connectivity index (χ1) is 9.21. The molecule has 3 heteroatoms. The van der Waals surface area contributed by atoms with Gasteiger partial charge in [-0.25, -0.2) is 0 Å². The van der Waals surface area contributed by atoms with Gasteiger partial charge in [-0.2, -0.15) is 0 Å². The molecule has 0 bridgehead atoms. The van der Waals surface area contributed by atoms with Gasteiger partial charge in [-0.15, -0.1) is 0 Å². The van der Waals surface area contributed by atoms with Crippen molar-refractivity contribution in [1.82, 2.24) is 10.2 Å². The lowest BCUT2D eigenvalue weighted by molar-refractivity contribution is 0.243. The number of rotatable bonds is 10. The molecule has 0 radical (unpaired) electrons. The highest BCUT2D eigenvalue weighted by molar-refractivity contribution is 5.20. The van der Waals surface area contributed by atoms with Crippen LogP contribution in [0.5, 0.6) is 0 Å². The van der Waals surface area contributed by atoms with Gasteiger partial charge in [-0.3, -0.25) is 4.90 Å². The lowest BCUT2D eigenvalue weighted by Gasteiger charge is -2.19. The minimum atomic E-state index is 0.921. The Hall–Kier alpha value is -0.800. The fourth-order valence-corrected chi connectivity index (χ4v) is 2.36. The van der Waals surface area contributed by atoms with Crippen LogP contribution in [0, 0.1) is 6.92 Å². The van der Waals surface area contributed by atoms with E-state index in [1.165, 1.54) is 24.8 Å². The second kappa shape index (κ2) is 9.16. The molecule has 1 N–H and O–H groups in total. The van der Waals surface area contributed by atoms with Gasteiger partial charge in [0, 0.05) is 12.1 Å². The largest absolute Gasteiger partial charge is 0.465 e. The third-order valence-corrected chi connectivity index (χ3v) is 3.27. The molecule has 0 saturated heterocycles. The molecule has 1 aromatic rings. The lowest BCUT2D eigenvalue weighted by Crippen LogP contribution is -2.24. The molecule has 0 fully saturated rings. The highest BCUT2D eigenvalue weighted by Gasteiger charge is 2.10. The van der Waals surface area contributed by atoms with Gasteiger partial charge in [0.1, 0.15) is 11.5 Å². The predicted octanol–water partition coefficient (Wildman–Crippen LogP) is 3.71. The molecule has 0 unspecified atom stereocenters.